The fraction of sp³-hybridized carbons (Fsp3) is 0.600. The molecule has 3 aromatic heterocycles. The van der Waals surface area contributed by atoms with Gasteiger partial charge in [-0.3, -0.25) is 19.2 Å². The molecule has 4 aliphatic heterocycles. The predicted octanol–water partition coefficient (Wildman–Crippen LogP) is 3.93. The number of nitrogen functional groups attached to an aromatic ring is 1. The molecule has 0 spiro atoms. The summed E-state index contributed by atoms with van der Waals surface area (Å²) >= 11 is 1.48. The fourth-order valence-corrected chi connectivity index (χ4v) is 10.4. The number of methoxy groups -OCH3 is 1. The lowest BCUT2D eigenvalue weighted by Crippen LogP contribution is -2.60. The Hall–Kier alpha value is -5.92. The van der Waals surface area contributed by atoms with Gasteiger partial charge in [-0.1, -0.05) is 32.9 Å². The molecule has 8 rings (SSSR count). The monoisotopic (exact) mass is 910 g/mol. The molecule has 3 fully saturated rings. The van der Waals surface area contributed by atoms with E-state index in [2.05, 4.69) is 35.9 Å². The van der Waals surface area contributed by atoms with Gasteiger partial charge in [0.25, 0.3) is 5.91 Å². The first-order valence-electron chi connectivity index (χ1n) is 23.0. The molecule has 20 heteroatoms. The van der Waals surface area contributed by atoms with Crippen molar-refractivity contribution >= 4 is 57.8 Å². The van der Waals surface area contributed by atoms with Gasteiger partial charge in [-0.15, -0.1) is 11.3 Å². The summed E-state index contributed by atoms with van der Waals surface area (Å²) in [6, 6.07) is 5.88. The van der Waals surface area contributed by atoms with Crippen LogP contribution in [0.5, 0.6) is 5.75 Å². The summed E-state index contributed by atoms with van der Waals surface area (Å²) in [6.07, 6.45) is 8.56. The van der Waals surface area contributed by atoms with Crippen molar-refractivity contribution in [3.05, 3.63) is 52.6 Å². The Morgan fingerprint density at radius 3 is 2.42 bits per heavy atom. The van der Waals surface area contributed by atoms with E-state index in [0.29, 0.717) is 107 Å². The first-order chi connectivity index (χ1) is 31.3. The molecule has 0 radical (unpaired) electrons. The van der Waals surface area contributed by atoms with Crippen LogP contribution in [0, 0.1) is 12.3 Å². The van der Waals surface area contributed by atoms with Gasteiger partial charge >= 0.3 is 0 Å². The summed E-state index contributed by atoms with van der Waals surface area (Å²) in [4.78, 5) is 86.1. The topological polar surface area (TPSA) is 232 Å². The van der Waals surface area contributed by atoms with E-state index in [1.807, 2.05) is 47.7 Å². The molecule has 0 saturated carbocycles. The lowest BCUT2D eigenvalue weighted by Gasteiger charge is -2.41. The molecule has 5 atom stereocenters. The van der Waals surface area contributed by atoms with E-state index in [4.69, 9.17) is 25.4 Å². The minimum absolute atomic E-state index is 0.0222. The van der Waals surface area contributed by atoms with Gasteiger partial charge in [0, 0.05) is 54.5 Å². The summed E-state index contributed by atoms with van der Waals surface area (Å²) < 4.78 is 7.25. The number of rotatable bonds is 17. The van der Waals surface area contributed by atoms with Crippen LogP contribution in [0.1, 0.15) is 101 Å². The minimum Gasteiger partial charge on any atom is -0.497 e. The van der Waals surface area contributed by atoms with Crippen LogP contribution < -0.4 is 31.3 Å². The number of nitrogens with one attached hydrogen (secondary N) is 3. The first kappa shape index (κ1) is 45.6. The zero-order chi connectivity index (χ0) is 45.8. The van der Waals surface area contributed by atoms with Gasteiger partial charge in [0.05, 0.1) is 25.9 Å². The number of amides is 3. The minimum atomic E-state index is -0.842. The van der Waals surface area contributed by atoms with Crippen LogP contribution in [0.2, 0.25) is 0 Å². The average molecular weight is 911 g/mol. The highest BCUT2D eigenvalue weighted by molar-refractivity contribution is 7.15. The number of nitrogens with two attached hydrogens (primary N) is 1. The molecule has 4 aromatic rings. The van der Waals surface area contributed by atoms with Crippen LogP contribution >= 0.6 is 11.3 Å². The standard InChI is InChI=1S/C45H62N14O5S/c1-6-45(3,4)37(60)40(63)57-20-8-7-9-34(57)38(61)52-33(17-12-28-10-15-32(64-5)16-11-28)39(62)59-30-13-14-31(59)24-29(23-30)51-43-53-42(47-19-18-35-27(2)50-41(46)65-35)54-44(55-43)56-21-22-58-36(25-56)48-26-49-58/h10-11,15-16,26,29-31,33-34H,6-9,12-14,17-25H2,1-5H3,(H2,46,50)(H,52,61)(H2,47,51,53,54,55)/t29?,30-,31+,33-,34+/m1/s1. The Morgan fingerprint density at radius 1 is 0.954 bits per heavy atom. The molecule has 348 valence electrons. The molecule has 1 unspecified atom stereocenters. The summed E-state index contributed by atoms with van der Waals surface area (Å²) in [5.74, 6) is 1.35. The number of ether oxygens (including phenoxy) is 1. The second-order valence-corrected chi connectivity index (χ2v) is 19.4. The lowest BCUT2D eigenvalue weighted by molar-refractivity contribution is -0.154. The fourth-order valence-electron chi connectivity index (χ4n) is 9.53. The molecule has 65 heavy (non-hydrogen) atoms. The second kappa shape index (κ2) is 19.7. The maximum atomic E-state index is 14.9. The Balaban J connectivity index is 0.981. The molecular weight excluding hydrogens is 849 g/mol. The van der Waals surface area contributed by atoms with Crippen LogP contribution in [0.4, 0.5) is 23.0 Å². The summed E-state index contributed by atoms with van der Waals surface area (Å²) in [5.41, 5.74) is 7.04. The Kier molecular flexibility index (Phi) is 13.8. The molecule has 4 aliphatic rings. The SMILES string of the molecule is CCC(C)(C)C(=O)C(=O)N1CCCC[C@H]1C(=O)N[C@H](CCc1ccc(OC)cc1)C(=O)N1[C@@H]2CC[C@H]1CC(Nc1nc(NCCc3sc(N)nc3C)nc(N3CCn4ncnc4C3)n1)C2. The largest absolute Gasteiger partial charge is 0.497 e. The van der Waals surface area contributed by atoms with Crippen molar-refractivity contribution < 1.29 is 23.9 Å². The third-order valence-electron chi connectivity index (χ3n) is 13.6. The van der Waals surface area contributed by atoms with Gasteiger partial charge in [-0.2, -0.15) is 20.1 Å². The number of likely N-dealkylation sites (tertiary alicyclic amines) is 1. The third-order valence-corrected chi connectivity index (χ3v) is 14.7. The summed E-state index contributed by atoms with van der Waals surface area (Å²) in [5, 5.41) is 15.0. The van der Waals surface area contributed by atoms with Crippen molar-refractivity contribution in [2.75, 3.05) is 48.0 Å². The molecule has 0 aliphatic carbocycles. The van der Waals surface area contributed by atoms with E-state index in [-0.39, 0.29) is 24.0 Å². The Bertz CT molecular complexity index is 2340. The number of benzene rings is 1. The summed E-state index contributed by atoms with van der Waals surface area (Å²) in [6.45, 7) is 10.1. The van der Waals surface area contributed by atoms with Crippen LogP contribution in [-0.2, 0) is 45.1 Å². The van der Waals surface area contributed by atoms with Crippen molar-refractivity contribution in [1.29, 1.82) is 0 Å². The number of ketones is 1. The predicted molar refractivity (Wildman–Crippen MR) is 246 cm³/mol. The van der Waals surface area contributed by atoms with E-state index in [9.17, 15) is 19.2 Å². The van der Waals surface area contributed by atoms with Crippen molar-refractivity contribution in [3.8, 4) is 5.75 Å². The van der Waals surface area contributed by atoms with Crippen LogP contribution in [0.15, 0.2) is 30.6 Å². The molecule has 1 aromatic carbocycles. The molecule has 5 N–H and O–H groups in total. The quantitative estimate of drug-likeness (QED) is 0.110. The zero-order valence-corrected chi connectivity index (χ0v) is 38.9. The van der Waals surface area contributed by atoms with E-state index in [1.165, 1.54) is 16.2 Å². The number of hydrogen-bond donors (Lipinski definition) is 4. The van der Waals surface area contributed by atoms with Gasteiger partial charge < -0.3 is 41.1 Å². The highest BCUT2D eigenvalue weighted by atomic mass is 32.1. The number of nitrogens with zero attached hydrogens (tertiary/aromatic N) is 10. The number of carbonyl (C=O) groups is 4. The van der Waals surface area contributed by atoms with Gasteiger partial charge in [0.2, 0.25) is 35.4 Å². The first-order valence-corrected chi connectivity index (χ1v) is 23.8. The highest BCUT2D eigenvalue weighted by Crippen LogP contribution is 2.38. The van der Waals surface area contributed by atoms with Crippen LogP contribution in [0.3, 0.4) is 0 Å². The second-order valence-electron chi connectivity index (χ2n) is 18.3. The molecule has 3 amide bonds. The van der Waals surface area contributed by atoms with Crippen molar-refractivity contribution in [3.63, 3.8) is 0 Å². The van der Waals surface area contributed by atoms with E-state index < -0.39 is 35.1 Å². The van der Waals surface area contributed by atoms with Crippen LogP contribution in [-0.4, -0.2) is 125 Å². The Labute approximate surface area is 383 Å². The van der Waals surface area contributed by atoms with Gasteiger partial charge in [0.15, 0.2) is 5.13 Å². The number of fused-ring (bicyclic) bond motifs is 3. The lowest BCUT2D eigenvalue weighted by atomic mass is 9.84. The molecule has 19 nitrogen and oxygen atoms in total. The van der Waals surface area contributed by atoms with E-state index in [0.717, 1.165) is 47.0 Å². The van der Waals surface area contributed by atoms with Crippen molar-refractivity contribution in [2.24, 2.45) is 5.41 Å². The molecule has 2 bridgehead atoms. The zero-order valence-electron chi connectivity index (χ0n) is 38.1. The average Bonchev–Trinajstić information content (AvgIpc) is 4.00. The smallest absolute Gasteiger partial charge is 0.291 e. The molecule has 7 heterocycles. The van der Waals surface area contributed by atoms with E-state index in [1.54, 1.807) is 27.3 Å². The molecular formula is C45H62N14O5S. The number of aromatic nitrogens is 7. The van der Waals surface area contributed by atoms with E-state index >= 15 is 0 Å². The number of Topliss-reactive ketones (excluding diaryl/α,β-unsaturated/α-hetero) is 1. The van der Waals surface area contributed by atoms with Crippen molar-refractivity contribution in [1.82, 2.24) is 49.8 Å². The molecule has 3 saturated heterocycles. The Morgan fingerprint density at radius 2 is 1.71 bits per heavy atom. The number of anilines is 4. The number of carbonyl (C=O) groups excluding carboxylic acids is 4. The third kappa shape index (κ3) is 10.3. The van der Waals surface area contributed by atoms with Crippen LogP contribution in [0.25, 0.3) is 0 Å². The maximum absolute atomic E-state index is 14.9. The number of aryl methyl sites for hydroxylation is 2. The highest BCUT2D eigenvalue weighted by Gasteiger charge is 2.46. The van der Waals surface area contributed by atoms with Gasteiger partial charge in [-0.25, -0.2) is 14.6 Å². The summed E-state index contributed by atoms with van der Waals surface area (Å²) in [7, 11) is 1.62. The number of hydrogen-bond acceptors (Lipinski definition) is 16. The normalized spacial score (nSPS) is 21.1. The van der Waals surface area contributed by atoms with Gasteiger partial charge in [-0.05, 0) is 88.8 Å². The van der Waals surface area contributed by atoms with Gasteiger partial charge in [0.1, 0.15) is 30.0 Å². The number of thiazole rings is 1. The maximum Gasteiger partial charge on any atom is 0.291 e. The number of piperidine rings is 2. The van der Waals surface area contributed by atoms with Crippen molar-refractivity contribution in [2.45, 2.75) is 142 Å².